The molecular formula is C19H28F3N5O. The van der Waals surface area contributed by atoms with Crippen LogP contribution in [-0.4, -0.2) is 55.5 Å². The maximum absolute atomic E-state index is 12.7. The van der Waals surface area contributed by atoms with E-state index in [4.69, 9.17) is 0 Å². The Morgan fingerprint density at radius 2 is 1.86 bits per heavy atom. The van der Waals surface area contributed by atoms with E-state index in [-0.39, 0.29) is 18.5 Å². The smallest absolute Gasteiger partial charge is 0.357 e. The Morgan fingerprint density at radius 1 is 1.18 bits per heavy atom. The van der Waals surface area contributed by atoms with E-state index in [0.29, 0.717) is 25.6 Å². The summed E-state index contributed by atoms with van der Waals surface area (Å²) >= 11 is 0. The van der Waals surface area contributed by atoms with Crippen LogP contribution in [0, 0.1) is 0 Å². The lowest BCUT2D eigenvalue weighted by atomic mass is 10.1. The quantitative estimate of drug-likeness (QED) is 0.484. The van der Waals surface area contributed by atoms with E-state index in [2.05, 4.69) is 25.8 Å². The molecule has 1 atom stereocenters. The molecule has 28 heavy (non-hydrogen) atoms. The second kappa shape index (κ2) is 10.3. The zero-order chi connectivity index (χ0) is 20.6. The number of amides is 1. The lowest BCUT2D eigenvalue weighted by Crippen LogP contribution is -2.45. The highest BCUT2D eigenvalue weighted by Crippen LogP contribution is 2.29. The summed E-state index contributed by atoms with van der Waals surface area (Å²) in [7, 11) is 0. The maximum atomic E-state index is 12.7. The van der Waals surface area contributed by atoms with Crippen molar-refractivity contribution in [1.82, 2.24) is 20.9 Å². The van der Waals surface area contributed by atoms with Crippen molar-refractivity contribution in [2.45, 2.75) is 39.0 Å². The molecule has 0 aliphatic carbocycles. The SMILES string of the molecule is CCNC(=O)CN=C(NCC)NC1CCN(Cc2ccc(C(F)(F)F)cc2)C1. The minimum absolute atomic E-state index is 0.0607. The number of likely N-dealkylation sites (N-methyl/N-ethyl adjacent to an activating group) is 1. The van der Waals surface area contributed by atoms with Gasteiger partial charge in [0.1, 0.15) is 6.54 Å². The number of carbonyl (C=O) groups excluding carboxylic acids is 1. The van der Waals surface area contributed by atoms with Crippen LogP contribution in [0.2, 0.25) is 0 Å². The molecule has 0 aromatic heterocycles. The predicted octanol–water partition coefficient (Wildman–Crippen LogP) is 1.97. The fourth-order valence-corrected chi connectivity index (χ4v) is 3.07. The monoisotopic (exact) mass is 399 g/mol. The Hall–Kier alpha value is -2.29. The van der Waals surface area contributed by atoms with Crippen molar-refractivity contribution >= 4 is 11.9 Å². The number of rotatable bonds is 7. The van der Waals surface area contributed by atoms with Gasteiger partial charge in [-0.3, -0.25) is 9.69 Å². The molecule has 9 heteroatoms. The van der Waals surface area contributed by atoms with Crippen molar-refractivity contribution in [3.8, 4) is 0 Å². The Balaban J connectivity index is 1.86. The summed E-state index contributed by atoms with van der Waals surface area (Å²) in [4.78, 5) is 18.1. The van der Waals surface area contributed by atoms with E-state index < -0.39 is 11.7 Å². The van der Waals surface area contributed by atoms with Gasteiger partial charge in [0.05, 0.1) is 5.56 Å². The average Bonchev–Trinajstić information content (AvgIpc) is 3.07. The Morgan fingerprint density at radius 3 is 2.46 bits per heavy atom. The number of guanidine groups is 1. The van der Waals surface area contributed by atoms with Gasteiger partial charge in [0.15, 0.2) is 5.96 Å². The lowest BCUT2D eigenvalue weighted by Gasteiger charge is -2.19. The van der Waals surface area contributed by atoms with Crippen LogP contribution in [0.1, 0.15) is 31.4 Å². The summed E-state index contributed by atoms with van der Waals surface area (Å²) < 4.78 is 38.0. The molecule has 1 saturated heterocycles. The third-order valence-electron chi connectivity index (χ3n) is 4.40. The van der Waals surface area contributed by atoms with Gasteiger partial charge in [0.2, 0.25) is 5.91 Å². The van der Waals surface area contributed by atoms with Crippen LogP contribution in [-0.2, 0) is 17.5 Å². The van der Waals surface area contributed by atoms with Crippen LogP contribution in [0.25, 0.3) is 0 Å². The number of carbonyl (C=O) groups is 1. The van der Waals surface area contributed by atoms with Crippen LogP contribution in [0.4, 0.5) is 13.2 Å². The van der Waals surface area contributed by atoms with Crippen LogP contribution < -0.4 is 16.0 Å². The number of alkyl halides is 3. The first-order valence-electron chi connectivity index (χ1n) is 9.51. The van der Waals surface area contributed by atoms with Gasteiger partial charge in [-0.2, -0.15) is 13.2 Å². The summed E-state index contributed by atoms with van der Waals surface area (Å²) in [5.41, 5.74) is 0.223. The molecular weight excluding hydrogens is 371 g/mol. The van der Waals surface area contributed by atoms with E-state index in [9.17, 15) is 18.0 Å². The summed E-state index contributed by atoms with van der Waals surface area (Å²) in [5.74, 6) is 0.463. The summed E-state index contributed by atoms with van der Waals surface area (Å²) in [6.45, 7) is 7.32. The van der Waals surface area contributed by atoms with Gasteiger partial charge in [0.25, 0.3) is 0 Å². The summed E-state index contributed by atoms with van der Waals surface area (Å²) in [6, 6.07) is 5.47. The molecule has 1 aliphatic rings. The van der Waals surface area contributed by atoms with E-state index in [1.807, 2.05) is 13.8 Å². The molecule has 1 fully saturated rings. The third kappa shape index (κ3) is 7.03. The molecule has 3 N–H and O–H groups in total. The zero-order valence-corrected chi connectivity index (χ0v) is 16.3. The van der Waals surface area contributed by atoms with E-state index in [1.165, 1.54) is 12.1 Å². The van der Waals surface area contributed by atoms with Gasteiger partial charge in [-0.05, 0) is 38.0 Å². The minimum atomic E-state index is -4.31. The van der Waals surface area contributed by atoms with E-state index in [1.54, 1.807) is 0 Å². The first kappa shape index (κ1) is 22.0. The van der Waals surface area contributed by atoms with Gasteiger partial charge < -0.3 is 16.0 Å². The fourth-order valence-electron chi connectivity index (χ4n) is 3.07. The molecule has 1 amide bonds. The van der Waals surface area contributed by atoms with Crippen LogP contribution in [0.15, 0.2) is 29.3 Å². The summed E-state index contributed by atoms with van der Waals surface area (Å²) in [5, 5.41) is 9.16. The highest BCUT2D eigenvalue weighted by atomic mass is 19.4. The molecule has 0 bridgehead atoms. The Bertz CT molecular complexity index is 661. The van der Waals surface area contributed by atoms with Crippen LogP contribution >= 0.6 is 0 Å². The predicted molar refractivity (Wildman–Crippen MR) is 103 cm³/mol. The maximum Gasteiger partial charge on any atom is 0.416 e. The molecule has 0 radical (unpaired) electrons. The molecule has 2 rings (SSSR count). The standard InChI is InChI=1S/C19H28F3N5O/c1-3-23-17(28)11-25-18(24-4-2)26-16-9-10-27(13-16)12-14-5-7-15(8-6-14)19(20,21)22/h5-8,16H,3-4,9-13H2,1-2H3,(H,23,28)(H2,24,25,26). The van der Waals surface area contributed by atoms with Crippen molar-refractivity contribution in [3.05, 3.63) is 35.4 Å². The van der Waals surface area contributed by atoms with Crippen molar-refractivity contribution in [1.29, 1.82) is 0 Å². The van der Waals surface area contributed by atoms with Crippen LogP contribution in [0.3, 0.4) is 0 Å². The molecule has 1 aromatic rings. The first-order chi connectivity index (χ1) is 13.3. The van der Waals surface area contributed by atoms with Crippen molar-refractivity contribution in [2.75, 3.05) is 32.7 Å². The van der Waals surface area contributed by atoms with Crippen molar-refractivity contribution in [2.24, 2.45) is 4.99 Å². The average molecular weight is 399 g/mol. The van der Waals surface area contributed by atoms with E-state index in [0.717, 1.165) is 37.2 Å². The molecule has 156 valence electrons. The second-order valence-electron chi connectivity index (χ2n) is 6.71. The minimum Gasteiger partial charge on any atom is -0.357 e. The van der Waals surface area contributed by atoms with Crippen LogP contribution in [0.5, 0.6) is 0 Å². The van der Waals surface area contributed by atoms with Gasteiger partial charge >= 0.3 is 6.18 Å². The van der Waals surface area contributed by atoms with Crippen molar-refractivity contribution < 1.29 is 18.0 Å². The molecule has 0 spiro atoms. The molecule has 1 heterocycles. The molecule has 1 aliphatic heterocycles. The molecule has 1 aromatic carbocycles. The van der Waals surface area contributed by atoms with Gasteiger partial charge in [-0.1, -0.05) is 12.1 Å². The number of benzene rings is 1. The number of halogens is 3. The molecule has 0 saturated carbocycles. The number of nitrogens with one attached hydrogen (secondary N) is 3. The second-order valence-corrected chi connectivity index (χ2v) is 6.71. The lowest BCUT2D eigenvalue weighted by molar-refractivity contribution is -0.137. The number of nitrogens with zero attached hydrogens (tertiary/aromatic N) is 2. The van der Waals surface area contributed by atoms with Crippen molar-refractivity contribution in [3.63, 3.8) is 0 Å². The van der Waals surface area contributed by atoms with E-state index >= 15 is 0 Å². The number of likely N-dealkylation sites (tertiary alicyclic amines) is 1. The number of aliphatic imine (C=N–C) groups is 1. The van der Waals surface area contributed by atoms with Gasteiger partial charge in [-0.15, -0.1) is 0 Å². The Kier molecular flexibility index (Phi) is 8.10. The largest absolute Gasteiger partial charge is 0.416 e. The fraction of sp³-hybridized carbons (Fsp3) is 0.579. The molecule has 6 nitrogen and oxygen atoms in total. The summed E-state index contributed by atoms with van der Waals surface area (Å²) in [6.07, 6.45) is -3.41. The normalized spacial score (nSPS) is 18.2. The highest BCUT2D eigenvalue weighted by molar-refractivity contribution is 5.85. The Labute approximate surface area is 163 Å². The number of hydrogen-bond donors (Lipinski definition) is 3. The molecule has 1 unspecified atom stereocenters. The van der Waals surface area contributed by atoms with Gasteiger partial charge in [-0.25, -0.2) is 4.99 Å². The third-order valence-corrected chi connectivity index (χ3v) is 4.40. The highest BCUT2D eigenvalue weighted by Gasteiger charge is 2.30. The van der Waals surface area contributed by atoms with Gasteiger partial charge in [0, 0.05) is 38.8 Å². The topological polar surface area (TPSA) is 68.8 Å². The zero-order valence-electron chi connectivity index (χ0n) is 16.3. The first-order valence-corrected chi connectivity index (χ1v) is 9.51. The number of hydrogen-bond acceptors (Lipinski definition) is 3.